The van der Waals surface area contributed by atoms with Gasteiger partial charge in [-0.15, -0.1) is 6.42 Å². The van der Waals surface area contributed by atoms with E-state index in [-0.39, 0.29) is 18.0 Å². The van der Waals surface area contributed by atoms with Gasteiger partial charge >= 0.3 is 0 Å². The van der Waals surface area contributed by atoms with Crippen LogP contribution in [-0.4, -0.2) is 21.8 Å². The fourth-order valence-corrected chi connectivity index (χ4v) is 4.36. The van der Waals surface area contributed by atoms with Gasteiger partial charge in [0, 0.05) is 22.6 Å². The molecule has 0 bridgehead atoms. The van der Waals surface area contributed by atoms with Crippen LogP contribution in [0.15, 0.2) is 54.6 Å². The Morgan fingerprint density at radius 3 is 2.67 bits per heavy atom. The van der Waals surface area contributed by atoms with E-state index in [2.05, 4.69) is 48.2 Å². The molecule has 27 heavy (non-hydrogen) atoms. The molecule has 0 spiro atoms. The summed E-state index contributed by atoms with van der Waals surface area (Å²) in [5, 5.41) is 1.25. The van der Waals surface area contributed by atoms with Crippen molar-refractivity contribution in [1.29, 1.82) is 0 Å². The highest BCUT2D eigenvalue weighted by atomic mass is 16.2. The first-order chi connectivity index (χ1) is 13.2. The van der Waals surface area contributed by atoms with Crippen LogP contribution in [0.3, 0.4) is 0 Å². The van der Waals surface area contributed by atoms with Gasteiger partial charge in [0.25, 0.3) is 5.91 Å². The lowest BCUT2D eigenvalue weighted by Gasteiger charge is -2.41. The van der Waals surface area contributed by atoms with Crippen molar-refractivity contribution in [3.8, 4) is 12.3 Å². The Morgan fingerprint density at radius 2 is 1.93 bits per heavy atom. The molecule has 0 radical (unpaired) electrons. The minimum atomic E-state index is -0.228. The van der Waals surface area contributed by atoms with E-state index in [0.717, 1.165) is 42.5 Å². The molecule has 0 fully saturated rings. The second-order valence-electron chi connectivity index (χ2n) is 7.23. The van der Waals surface area contributed by atoms with Crippen LogP contribution >= 0.6 is 0 Å². The summed E-state index contributed by atoms with van der Waals surface area (Å²) in [5.74, 6) is 2.15. The van der Waals surface area contributed by atoms with Crippen molar-refractivity contribution in [2.75, 3.05) is 0 Å². The van der Waals surface area contributed by atoms with E-state index in [0.29, 0.717) is 0 Å². The van der Waals surface area contributed by atoms with Crippen molar-refractivity contribution in [2.45, 2.75) is 44.7 Å². The highest BCUT2D eigenvalue weighted by molar-refractivity contribution is 5.94. The van der Waals surface area contributed by atoms with Gasteiger partial charge in [-0.1, -0.05) is 68.3 Å². The predicted octanol–water partition coefficient (Wildman–Crippen LogP) is 4.83. The lowest BCUT2D eigenvalue weighted by Crippen LogP contribution is -2.47. The molecule has 136 valence electrons. The maximum atomic E-state index is 12.8. The monoisotopic (exact) mass is 356 g/mol. The Balaban J connectivity index is 1.93. The molecule has 0 unspecified atom stereocenters. The van der Waals surface area contributed by atoms with Crippen LogP contribution in [0.5, 0.6) is 0 Å². The van der Waals surface area contributed by atoms with Crippen LogP contribution < -0.4 is 0 Å². The van der Waals surface area contributed by atoms with Gasteiger partial charge < -0.3 is 9.88 Å². The molecular formula is C24H24N2O. The Hall–Kier alpha value is -2.99. The summed E-state index contributed by atoms with van der Waals surface area (Å²) in [5.41, 5.74) is 4.63. The van der Waals surface area contributed by atoms with Crippen molar-refractivity contribution < 1.29 is 4.79 Å². The zero-order valence-electron chi connectivity index (χ0n) is 15.6. The van der Waals surface area contributed by atoms with E-state index < -0.39 is 0 Å². The van der Waals surface area contributed by atoms with Gasteiger partial charge in [-0.05, 0) is 36.0 Å². The third kappa shape index (κ3) is 3.02. The van der Waals surface area contributed by atoms with Gasteiger partial charge in [0.1, 0.15) is 0 Å². The molecule has 2 heterocycles. The molecular weight excluding hydrogens is 332 g/mol. The van der Waals surface area contributed by atoms with E-state index >= 15 is 0 Å². The number of benzene rings is 2. The number of nitrogens with one attached hydrogen (secondary N) is 1. The van der Waals surface area contributed by atoms with Crippen molar-refractivity contribution in [2.24, 2.45) is 0 Å². The summed E-state index contributed by atoms with van der Waals surface area (Å²) in [6.45, 7) is 2.18. The molecule has 3 nitrogen and oxygen atoms in total. The SMILES string of the molecule is C#CC(=O)N1[C@@H](CCCC)Cc2c([nH]c3ccccc23)[C@@H]1c1ccccc1. The van der Waals surface area contributed by atoms with E-state index in [9.17, 15) is 4.79 Å². The zero-order valence-corrected chi connectivity index (χ0v) is 15.6. The molecule has 3 aromatic rings. The number of carbonyl (C=O) groups is 1. The zero-order chi connectivity index (χ0) is 18.8. The van der Waals surface area contributed by atoms with E-state index in [1.54, 1.807) is 0 Å². The fraction of sp³-hybridized carbons (Fsp3) is 0.292. The molecule has 2 aromatic carbocycles. The number of rotatable bonds is 4. The largest absolute Gasteiger partial charge is 0.356 e. The number of hydrogen-bond donors (Lipinski definition) is 1. The Kier molecular flexibility index (Phi) is 4.73. The summed E-state index contributed by atoms with van der Waals surface area (Å²) in [6.07, 6.45) is 9.57. The van der Waals surface area contributed by atoms with Crippen LogP contribution in [-0.2, 0) is 11.2 Å². The summed E-state index contributed by atoms with van der Waals surface area (Å²) in [6, 6.07) is 18.5. The number of hydrogen-bond acceptors (Lipinski definition) is 1. The number of H-pyrrole nitrogens is 1. The van der Waals surface area contributed by atoms with Gasteiger partial charge in [-0.3, -0.25) is 4.79 Å². The van der Waals surface area contributed by atoms with E-state index in [4.69, 9.17) is 6.42 Å². The van der Waals surface area contributed by atoms with Crippen LogP contribution in [0.2, 0.25) is 0 Å². The predicted molar refractivity (Wildman–Crippen MR) is 109 cm³/mol. The molecule has 1 amide bonds. The van der Waals surface area contributed by atoms with Crippen LogP contribution in [0.1, 0.15) is 49.0 Å². The Bertz CT molecular complexity index is 996. The quantitative estimate of drug-likeness (QED) is 0.668. The van der Waals surface area contributed by atoms with E-state index in [1.165, 1.54) is 10.9 Å². The normalized spacial score (nSPS) is 18.9. The summed E-state index contributed by atoms with van der Waals surface area (Å²) >= 11 is 0. The van der Waals surface area contributed by atoms with Crippen molar-refractivity contribution >= 4 is 16.8 Å². The molecule has 2 atom stereocenters. The van der Waals surface area contributed by atoms with Gasteiger partial charge in [-0.2, -0.15) is 0 Å². The lowest BCUT2D eigenvalue weighted by molar-refractivity contribution is -0.130. The van der Waals surface area contributed by atoms with Crippen molar-refractivity contribution in [3.63, 3.8) is 0 Å². The van der Waals surface area contributed by atoms with Gasteiger partial charge in [0.2, 0.25) is 0 Å². The number of amides is 1. The highest BCUT2D eigenvalue weighted by Gasteiger charge is 2.39. The molecule has 0 aliphatic carbocycles. The summed E-state index contributed by atoms with van der Waals surface area (Å²) < 4.78 is 0. The number of terminal acetylenes is 1. The van der Waals surface area contributed by atoms with Gasteiger partial charge in [0.05, 0.1) is 6.04 Å². The smallest absolute Gasteiger partial charge is 0.299 e. The van der Waals surface area contributed by atoms with Crippen LogP contribution in [0.4, 0.5) is 0 Å². The maximum absolute atomic E-state index is 12.8. The average molecular weight is 356 g/mol. The highest BCUT2D eigenvalue weighted by Crippen LogP contribution is 2.41. The molecule has 1 aromatic heterocycles. The second-order valence-corrected chi connectivity index (χ2v) is 7.23. The number of para-hydroxylation sites is 1. The Labute approximate surface area is 160 Å². The average Bonchev–Trinajstić information content (AvgIpc) is 3.09. The van der Waals surface area contributed by atoms with Crippen LogP contribution in [0.25, 0.3) is 10.9 Å². The fourth-order valence-electron chi connectivity index (χ4n) is 4.36. The number of aromatic amines is 1. The number of nitrogens with zero attached hydrogens (tertiary/aromatic N) is 1. The summed E-state index contributed by atoms with van der Waals surface area (Å²) in [4.78, 5) is 18.3. The van der Waals surface area contributed by atoms with Crippen molar-refractivity contribution in [3.05, 3.63) is 71.4 Å². The first-order valence-corrected chi connectivity index (χ1v) is 9.68. The minimum absolute atomic E-state index is 0.116. The molecule has 3 heteroatoms. The van der Waals surface area contributed by atoms with Crippen molar-refractivity contribution in [1.82, 2.24) is 9.88 Å². The number of unbranched alkanes of at least 4 members (excludes halogenated alkanes) is 1. The third-order valence-electron chi connectivity index (χ3n) is 5.60. The third-order valence-corrected chi connectivity index (χ3v) is 5.60. The lowest BCUT2D eigenvalue weighted by atomic mass is 9.86. The minimum Gasteiger partial charge on any atom is -0.356 e. The molecule has 1 N–H and O–H groups in total. The Morgan fingerprint density at radius 1 is 1.19 bits per heavy atom. The van der Waals surface area contributed by atoms with Gasteiger partial charge in [-0.25, -0.2) is 0 Å². The molecule has 0 saturated carbocycles. The van der Waals surface area contributed by atoms with Gasteiger partial charge in [0.15, 0.2) is 0 Å². The van der Waals surface area contributed by atoms with E-state index in [1.807, 2.05) is 29.2 Å². The maximum Gasteiger partial charge on any atom is 0.299 e. The second kappa shape index (κ2) is 7.32. The summed E-state index contributed by atoms with van der Waals surface area (Å²) in [7, 11) is 0. The number of aromatic nitrogens is 1. The molecule has 1 aliphatic rings. The number of fused-ring (bicyclic) bond motifs is 3. The topological polar surface area (TPSA) is 36.1 Å². The first kappa shape index (κ1) is 17.4. The van der Waals surface area contributed by atoms with Crippen LogP contribution in [0, 0.1) is 12.3 Å². The molecule has 0 saturated heterocycles. The first-order valence-electron chi connectivity index (χ1n) is 9.68. The molecule has 1 aliphatic heterocycles. The number of carbonyl (C=O) groups excluding carboxylic acids is 1. The standard InChI is InChI=1S/C24H24N2O/c1-3-5-13-18-16-20-19-14-9-10-15-21(19)25-23(20)24(26(18)22(27)4-2)17-11-7-6-8-12-17/h2,6-12,14-15,18,24-25H,3,5,13,16H2,1H3/t18-,24-/m0/s1. The molecule has 4 rings (SSSR count).